The normalized spacial score (nSPS) is 37.3. The van der Waals surface area contributed by atoms with Gasteiger partial charge < -0.3 is 20.9 Å². The van der Waals surface area contributed by atoms with E-state index in [4.69, 9.17) is 15.6 Å². The van der Waals surface area contributed by atoms with Gasteiger partial charge in [0.25, 0.3) is 0 Å². The van der Waals surface area contributed by atoms with E-state index in [-0.39, 0.29) is 17.9 Å². The number of carboxylic acids is 1. The molecule has 1 aliphatic heterocycles. The van der Waals surface area contributed by atoms with Crippen molar-refractivity contribution in [2.45, 2.75) is 38.3 Å². The van der Waals surface area contributed by atoms with E-state index in [2.05, 4.69) is 5.32 Å². The molecular formula is C12H20N2O4. The summed E-state index contributed by atoms with van der Waals surface area (Å²) < 4.78 is 5.69. The number of carbonyl (C=O) groups is 2. The molecule has 0 bridgehead atoms. The van der Waals surface area contributed by atoms with Crippen LogP contribution in [0.25, 0.3) is 0 Å². The van der Waals surface area contributed by atoms with Gasteiger partial charge in [-0.1, -0.05) is 13.8 Å². The zero-order chi connectivity index (χ0) is 13.6. The second kappa shape index (κ2) is 4.20. The Morgan fingerprint density at radius 3 is 2.78 bits per heavy atom. The number of rotatable bonds is 3. The molecule has 1 heterocycles. The van der Waals surface area contributed by atoms with Crippen molar-refractivity contribution in [1.82, 2.24) is 5.32 Å². The first-order chi connectivity index (χ1) is 8.31. The van der Waals surface area contributed by atoms with Crippen molar-refractivity contribution in [3.05, 3.63) is 0 Å². The first-order valence-electron chi connectivity index (χ1n) is 6.22. The van der Waals surface area contributed by atoms with E-state index in [1.807, 2.05) is 13.8 Å². The van der Waals surface area contributed by atoms with Gasteiger partial charge in [-0.2, -0.15) is 0 Å². The zero-order valence-corrected chi connectivity index (χ0v) is 10.7. The summed E-state index contributed by atoms with van der Waals surface area (Å²) in [4.78, 5) is 22.7. The molecule has 0 radical (unpaired) electrons. The van der Waals surface area contributed by atoms with E-state index in [9.17, 15) is 9.59 Å². The molecule has 6 nitrogen and oxygen atoms in total. The number of hydrogen-bond acceptors (Lipinski definition) is 4. The lowest BCUT2D eigenvalue weighted by Gasteiger charge is -2.65. The van der Waals surface area contributed by atoms with Crippen LogP contribution in [0, 0.1) is 11.3 Å². The summed E-state index contributed by atoms with van der Waals surface area (Å²) in [5.41, 5.74) is 4.77. The van der Waals surface area contributed by atoms with Crippen LogP contribution in [0.2, 0.25) is 0 Å². The molecule has 0 aromatic carbocycles. The van der Waals surface area contributed by atoms with Crippen LogP contribution in [0.1, 0.15) is 26.7 Å². The van der Waals surface area contributed by atoms with Crippen LogP contribution in [0.5, 0.6) is 0 Å². The average Bonchev–Trinajstić information content (AvgIpc) is 2.34. The molecule has 4 N–H and O–H groups in total. The van der Waals surface area contributed by atoms with Gasteiger partial charge in [0, 0.05) is 17.9 Å². The smallest absolute Gasteiger partial charge is 0.322 e. The van der Waals surface area contributed by atoms with Gasteiger partial charge in [0.05, 0.1) is 6.10 Å². The third-order valence-electron chi connectivity index (χ3n) is 4.46. The minimum atomic E-state index is -1.07. The summed E-state index contributed by atoms with van der Waals surface area (Å²) >= 11 is 0. The van der Waals surface area contributed by atoms with Gasteiger partial charge in [-0.25, -0.2) is 0 Å². The van der Waals surface area contributed by atoms with Crippen molar-refractivity contribution in [3.8, 4) is 0 Å². The van der Waals surface area contributed by atoms with Crippen molar-refractivity contribution >= 4 is 11.9 Å². The van der Waals surface area contributed by atoms with E-state index in [1.165, 1.54) is 0 Å². The Bertz CT molecular complexity index is 382. The maximum absolute atomic E-state index is 12.2. The zero-order valence-electron chi connectivity index (χ0n) is 10.7. The van der Waals surface area contributed by atoms with Gasteiger partial charge in [-0.15, -0.1) is 0 Å². The minimum Gasteiger partial charge on any atom is -0.480 e. The van der Waals surface area contributed by atoms with Crippen molar-refractivity contribution < 1.29 is 19.4 Å². The molecule has 2 aliphatic rings. The van der Waals surface area contributed by atoms with Gasteiger partial charge in [0.2, 0.25) is 5.91 Å². The van der Waals surface area contributed by atoms with Crippen molar-refractivity contribution in [1.29, 1.82) is 0 Å². The van der Waals surface area contributed by atoms with E-state index in [0.29, 0.717) is 6.61 Å². The van der Waals surface area contributed by atoms with Gasteiger partial charge >= 0.3 is 5.97 Å². The number of nitrogens with one attached hydrogen (secondary N) is 1. The van der Waals surface area contributed by atoms with Crippen molar-refractivity contribution in [2.75, 3.05) is 13.2 Å². The number of ether oxygens (including phenoxy) is 1. The Morgan fingerprint density at radius 2 is 2.17 bits per heavy atom. The summed E-state index contributed by atoms with van der Waals surface area (Å²) in [7, 11) is 0. The molecule has 1 aliphatic carbocycles. The van der Waals surface area contributed by atoms with E-state index in [1.54, 1.807) is 0 Å². The summed E-state index contributed by atoms with van der Waals surface area (Å²) in [6.07, 6.45) is 1.74. The lowest BCUT2D eigenvalue weighted by atomic mass is 9.46. The molecule has 1 amide bonds. The van der Waals surface area contributed by atoms with Gasteiger partial charge in [0.1, 0.15) is 12.1 Å². The first kappa shape index (κ1) is 13.3. The predicted molar refractivity (Wildman–Crippen MR) is 63.8 cm³/mol. The van der Waals surface area contributed by atoms with E-state index in [0.717, 1.165) is 12.8 Å². The quantitative estimate of drug-likeness (QED) is 0.644. The fourth-order valence-corrected chi connectivity index (χ4v) is 3.34. The molecule has 2 fully saturated rings. The highest BCUT2D eigenvalue weighted by Crippen LogP contribution is 2.57. The standard InChI is InChI=1S/C12H20N2O4/c1-11(2)9-7(4-3-5-18-9)12(11,13)10(17)14-6-8(15)16/h7,9H,3-6,13H2,1-2H3,(H,14,17)(H,15,16). The van der Waals surface area contributed by atoms with Crippen LogP contribution in [0.15, 0.2) is 0 Å². The Morgan fingerprint density at radius 1 is 1.50 bits per heavy atom. The SMILES string of the molecule is CC1(C)C2OCCCC2C1(N)C(=O)NCC(=O)O. The molecule has 0 aromatic rings. The lowest BCUT2D eigenvalue weighted by Crippen LogP contribution is -2.82. The van der Waals surface area contributed by atoms with Crippen LogP contribution in [-0.4, -0.2) is 41.8 Å². The number of carbonyl (C=O) groups excluding carboxylic acids is 1. The highest BCUT2D eigenvalue weighted by molar-refractivity contribution is 5.91. The fraction of sp³-hybridized carbons (Fsp3) is 0.833. The Kier molecular flexibility index (Phi) is 3.11. The molecule has 6 heteroatoms. The summed E-state index contributed by atoms with van der Waals surface area (Å²) in [5, 5.41) is 11.0. The largest absolute Gasteiger partial charge is 0.480 e. The highest BCUT2D eigenvalue weighted by Gasteiger charge is 2.70. The monoisotopic (exact) mass is 256 g/mol. The molecule has 18 heavy (non-hydrogen) atoms. The molecular weight excluding hydrogens is 236 g/mol. The average molecular weight is 256 g/mol. The minimum absolute atomic E-state index is 0.00757. The third-order valence-corrected chi connectivity index (χ3v) is 4.46. The van der Waals surface area contributed by atoms with E-state index < -0.39 is 23.5 Å². The highest BCUT2D eigenvalue weighted by atomic mass is 16.5. The summed E-state index contributed by atoms with van der Waals surface area (Å²) in [6.45, 7) is 4.11. The third kappa shape index (κ3) is 1.63. The topological polar surface area (TPSA) is 102 Å². The molecule has 1 saturated carbocycles. The molecule has 1 saturated heterocycles. The summed E-state index contributed by atoms with van der Waals surface area (Å²) in [5.74, 6) is -1.47. The van der Waals surface area contributed by atoms with Gasteiger partial charge in [-0.3, -0.25) is 9.59 Å². The molecule has 102 valence electrons. The van der Waals surface area contributed by atoms with Gasteiger partial charge in [-0.05, 0) is 12.8 Å². The number of hydrogen-bond donors (Lipinski definition) is 3. The van der Waals surface area contributed by atoms with Crippen LogP contribution < -0.4 is 11.1 Å². The Labute approximate surface area is 106 Å². The lowest BCUT2D eigenvalue weighted by molar-refractivity contribution is -0.225. The van der Waals surface area contributed by atoms with Crippen LogP contribution >= 0.6 is 0 Å². The maximum atomic E-state index is 12.2. The molecule has 0 spiro atoms. The van der Waals surface area contributed by atoms with Crippen LogP contribution in [-0.2, 0) is 14.3 Å². The maximum Gasteiger partial charge on any atom is 0.322 e. The number of carboxylic acid groups (broad SMARTS) is 1. The summed E-state index contributed by atoms with van der Waals surface area (Å²) in [6, 6.07) is 0. The predicted octanol–water partition coefficient (Wildman–Crippen LogP) is -0.280. The number of nitrogens with two attached hydrogens (primary N) is 1. The fourth-order valence-electron chi connectivity index (χ4n) is 3.34. The molecule has 3 atom stereocenters. The number of fused-ring (bicyclic) bond motifs is 1. The number of amides is 1. The van der Waals surface area contributed by atoms with Gasteiger partial charge in [0.15, 0.2) is 0 Å². The second-order valence-electron chi connectivity index (χ2n) is 5.71. The van der Waals surface area contributed by atoms with Crippen LogP contribution in [0.3, 0.4) is 0 Å². The number of aliphatic carboxylic acids is 1. The van der Waals surface area contributed by atoms with E-state index >= 15 is 0 Å². The van der Waals surface area contributed by atoms with Crippen LogP contribution in [0.4, 0.5) is 0 Å². The van der Waals surface area contributed by atoms with Crippen molar-refractivity contribution in [3.63, 3.8) is 0 Å². The Balaban J connectivity index is 2.13. The molecule has 2 rings (SSSR count). The van der Waals surface area contributed by atoms with Crippen molar-refractivity contribution in [2.24, 2.45) is 17.1 Å². The molecule has 3 unspecified atom stereocenters. The second-order valence-corrected chi connectivity index (χ2v) is 5.71. The Hall–Kier alpha value is -1.14. The molecule has 0 aromatic heterocycles. The first-order valence-corrected chi connectivity index (χ1v) is 6.22.